The average Bonchev–Trinajstić information content (AvgIpc) is 2.68. The van der Waals surface area contributed by atoms with Gasteiger partial charge in [-0.3, -0.25) is 0 Å². The Kier molecular flexibility index (Phi) is 3.81. The smallest absolute Gasteiger partial charge is 0.0210 e. The average molecular weight is 268 g/mol. The Bertz CT molecular complexity index is 324. The predicted molar refractivity (Wildman–Crippen MR) is 67.9 cm³/mol. The molecule has 0 heterocycles. The van der Waals surface area contributed by atoms with Gasteiger partial charge in [-0.25, -0.2) is 0 Å². The van der Waals surface area contributed by atoms with Crippen molar-refractivity contribution in [2.24, 2.45) is 11.7 Å². The number of benzene rings is 1. The molecule has 1 aromatic carbocycles. The van der Waals surface area contributed by atoms with E-state index in [2.05, 4.69) is 40.2 Å². The minimum atomic E-state index is 0.747. The quantitative estimate of drug-likeness (QED) is 0.889. The highest BCUT2D eigenvalue weighted by Crippen LogP contribution is 2.41. The summed E-state index contributed by atoms with van der Waals surface area (Å²) in [6.45, 7) is 0.841. The van der Waals surface area contributed by atoms with Crippen molar-refractivity contribution in [3.8, 4) is 0 Å². The molecule has 82 valence electrons. The van der Waals surface area contributed by atoms with Crippen LogP contribution >= 0.6 is 15.9 Å². The van der Waals surface area contributed by atoms with Gasteiger partial charge in [-0.2, -0.15) is 0 Å². The van der Waals surface area contributed by atoms with Crippen molar-refractivity contribution in [1.82, 2.24) is 0 Å². The van der Waals surface area contributed by atoms with Crippen LogP contribution < -0.4 is 5.73 Å². The summed E-state index contributed by atoms with van der Waals surface area (Å²) in [5.74, 6) is 1.60. The molecule has 2 atom stereocenters. The maximum Gasteiger partial charge on any atom is 0.0210 e. The highest BCUT2D eigenvalue weighted by Gasteiger charge is 2.26. The molecule has 0 saturated heterocycles. The van der Waals surface area contributed by atoms with E-state index >= 15 is 0 Å². The second-order valence-corrected chi connectivity index (χ2v) is 5.33. The number of halogens is 1. The van der Waals surface area contributed by atoms with Crippen LogP contribution in [0.4, 0.5) is 0 Å². The van der Waals surface area contributed by atoms with Crippen LogP contribution in [0.1, 0.15) is 37.2 Å². The van der Waals surface area contributed by atoms with E-state index in [0.717, 1.165) is 18.4 Å². The minimum Gasteiger partial charge on any atom is -0.330 e. The highest BCUT2D eigenvalue weighted by atomic mass is 79.9. The number of hydrogen-bond donors (Lipinski definition) is 1. The van der Waals surface area contributed by atoms with Crippen LogP contribution in [0.2, 0.25) is 0 Å². The second kappa shape index (κ2) is 5.13. The van der Waals surface area contributed by atoms with Crippen molar-refractivity contribution in [2.45, 2.75) is 31.6 Å². The third-order valence-corrected chi connectivity index (χ3v) is 4.18. The topological polar surface area (TPSA) is 26.0 Å². The third-order valence-electron chi connectivity index (χ3n) is 3.46. The van der Waals surface area contributed by atoms with E-state index in [-0.39, 0.29) is 0 Å². The first-order chi connectivity index (χ1) is 7.31. The van der Waals surface area contributed by atoms with E-state index in [4.69, 9.17) is 5.73 Å². The van der Waals surface area contributed by atoms with Crippen LogP contribution in [0.5, 0.6) is 0 Å². The second-order valence-electron chi connectivity index (χ2n) is 4.47. The predicted octanol–water partition coefficient (Wildman–Crippen LogP) is 3.68. The molecule has 0 bridgehead atoms. The van der Waals surface area contributed by atoms with Crippen molar-refractivity contribution in [2.75, 3.05) is 6.54 Å². The van der Waals surface area contributed by atoms with Gasteiger partial charge in [0.05, 0.1) is 0 Å². The Hall–Kier alpha value is -0.340. The Morgan fingerprint density at radius 3 is 2.80 bits per heavy atom. The lowest BCUT2D eigenvalue weighted by molar-refractivity contribution is 0.503. The fourth-order valence-electron chi connectivity index (χ4n) is 2.66. The van der Waals surface area contributed by atoms with E-state index in [1.54, 1.807) is 0 Å². The molecule has 0 amide bonds. The van der Waals surface area contributed by atoms with Gasteiger partial charge in [0.25, 0.3) is 0 Å². The lowest BCUT2D eigenvalue weighted by atomic mass is 9.95. The zero-order valence-corrected chi connectivity index (χ0v) is 10.5. The Labute approximate surface area is 100 Å². The molecule has 1 saturated carbocycles. The van der Waals surface area contributed by atoms with Gasteiger partial charge in [-0.1, -0.05) is 34.1 Å². The molecule has 1 aliphatic rings. The van der Waals surface area contributed by atoms with Crippen LogP contribution in [0, 0.1) is 5.92 Å². The van der Waals surface area contributed by atoms with Gasteiger partial charge in [0.15, 0.2) is 0 Å². The Morgan fingerprint density at radius 2 is 2.07 bits per heavy atom. The molecular formula is C13H18BrN. The van der Waals surface area contributed by atoms with E-state index in [0.29, 0.717) is 0 Å². The number of rotatable bonds is 3. The van der Waals surface area contributed by atoms with Gasteiger partial charge in [-0.05, 0) is 55.7 Å². The van der Waals surface area contributed by atoms with Crippen molar-refractivity contribution in [1.29, 1.82) is 0 Å². The van der Waals surface area contributed by atoms with Crippen LogP contribution in [0.3, 0.4) is 0 Å². The molecule has 1 aromatic rings. The maximum atomic E-state index is 5.61. The fourth-order valence-corrected chi connectivity index (χ4v) is 3.27. The summed E-state index contributed by atoms with van der Waals surface area (Å²) in [5, 5.41) is 0. The molecule has 1 fully saturated rings. The van der Waals surface area contributed by atoms with Crippen LogP contribution in [0.25, 0.3) is 0 Å². The summed E-state index contributed by atoms with van der Waals surface area (Å²) in [5.41, 5.74) is 7.10. The van der Waals surface area contributed by atoms with Crippen molar-refractivity contribution in [3.63, 3.8) is 0 Å². The summed E-state index contributed by atoms with van der Waals surface area (Å²) < 4.78 is 1.27. The monoisotopic (exact) mass is 267 g/mol. The largest absolute Gasteiger partial charge is 0.330 e. The molecular weight excluding hydrogens is 250 g/mol. The molecule has 0 aromatic heterocycles. The summed E-state index contributed by atoms with van der Waals surface area (Å²) in [6.07, 6.45) is 5.19. The SMILES string of the molecule is NCCC1CCC(c2ccccc2Br)C1. The van der Waals surface area contributed by atoms with Crippen molar-refractivity contribution < 1.29 is 0 Å². The van der Waals surface area contributed by atoms with Gasteiger partial charge >= 0.3 is 0 Å². The van der Waals surface area contributed by atoms with Crippen molar-refractivity contribution >= 4 is 15.9 Å². The number of nitrogens with two attached hydrogens (primary N) is 1. The first kappa shape index (κ1) is 11.2. The molecule has 0 spiro atoms. The van der Waals surface area contributed by atoms with E-state index in [9.17, 15) is 0 Å². The summed E-state index contributed by atoms with van der Waals surface area (Å²) in [6, 6.07) is 8.61. The van der Waals surface area contributed by atoms with E-state index in [1.807, 2.05) is 0 Å². The van der Waals surface area contributed by atoms with Gasteiger partial charge in [-0.15, -0.1) is 0 Å². The molecule has 2 unspecified atom stereocenters. The molecule has 1 aliphatic carbocycles. The lowest BCUT2D eigenvalue weighted by Crippen LogP contribution is -2.05. The molecule has 0 aliphatic heterocycles. The van der Waals surface area contributed by atoms with Crippen LogP contribution in [-0.2, 0) is 0 Å². The molecule has 1 nitrogen and oxygen atoms in total. The normalized spacial score (nSPS) is 25.7. The zero-order valence-electron chi connectivity index (χ0n) is 8.95. The summed E-state index contributed by atoms with van der Waals surface area (Å²) in [7, 11) is 0. The first-order valence-corrected chi connectivity index (χ1v) is 6.55. The lowest BCUT2D eigenvalue weighted by Gasteiger charge is -2.12. The van der Waals surface area contributed by atoms with Gasteiger partial charge < -0.3 is 5.73 Å². The zero-order chi connectivity index (χ0) is 10.7. The standard InChI is InChI=1S/C13H18BrN/c14-13-4-2-1-3-12(13)11-6-5-10(9-11)7-8-15/h1-4,10-11H,5-9,15H2. The van der Waals surface area contributed by atoms with Gasteiger partial charge in [0.2, 0.25) is 0 Å². The molecule has 2 N–H and O–H groups in total. The highest BCUT2D eigenvalue weighted by molar-refractivity contribution is 9.10. The molecule has 15 heavy (non-hydrogen) atoms. The van der Waals surface area contributed by atoms with E-state index in [1.165, 1.54) is 35.7 Å². The number of hydrogen-bond acceptors (Lipinski definition) is 1. The molecule has 2 heteroatoms. The molecule has 2 rings (SSSR count). The Balaban J connectivity index is 2.04. The Morgan fingerprint density at radius 1 is 1.27 bits per heavy atom. The fraction of sp³-hybridized carbons (Fsp3) is 0.538. The van der Waals surface area contributed by atoms with Gasteiger partial charge in [0, 0.05) is 4.47 Å². The third kappa shape index (κ3) is 2.61. The van der Waals surface area contributed by atoms with Crippen LogP contribution in [-0.4, -0.2) is 6.54 Å². The minimum absolute atomic E-state index is 0.747. The van der Waals surface area contributed by atoms with E-state index < -0.39 is 0 Å². The van der Waals surface area contributed by atoms with Gasteiger partial charge in [0.1, 0.15) is 0 Å². The van der Waals surface area contributed by atoms with Crippen LogP contribution in [0.15, 0.2) is 28.7 Å². The summed E-state index contributed by atoms with van der Waals surface area (Å²) in [4.78, 5) is 0. The van der Waals surface area contributed by atoms with Crippen molar-refractivity contribution in [3.05, 3.63) is 34.3 Å². The first-order valence-electron chi connectivity index (χ1n) is 5.75. The summed E-state index contributed by atoms with van der Waals surface area (Å²) >= 11 is 3.64. The maximum absolute atomic E-state index is 5.61. The molecule has 0 radical (unpaired) electrons.